The number of halogens is 1. The Morgan fingerprint density at radius 1 is 1.37 bits per heavy atom. The third-order valence-electron chi connectivity index (χ3n) is 2.13. The van der Waals surface area contributed by atoms with Crippen molar-refractivity contribution in [2.75, 3.05) is 5.43 Å². The molecule has 0 aliphatic carbocycles. The monoisotopic (exact) mass is 325 g/mol. The highest BCUT2D eigenvalue weighted by Gasteiger charge is 2.12. The van der Waals surface area contributed by atoms with Crippen molar-refractivity contribution < 1.29 is 9.66 Å². The fourth-order valence-electron chi connectivity index (χ4n) is 1.27. The number of non-ortho nitro benzene ring substituents is 1. The molecule has 0 atom stereocenters. The van der Waals surface area contributed by atoms with Crippen LogP contribution in [0.5, 0.6) is 11.6 Å². The van der Waals surface area contributed by atoms with Crippen molar-refractivity contribution in [3.63, 3.8) is 0 Å². The molecule has 0 spiro atoms. The zero-order chi connectivity index (χ0) is 13.8. The van der Waals surface area contributed by atoms with Crippen LogP contribution in [0.15, 0.2) is 35.1 Å². The predicted octanol–water partition coefficient (Wildman–Crippen LogP) is 2.23. The summed E-state index contributed by atoms with van der Waals surface area (Å²) in [5.74, 6) is 6.06. The van der Waals surface area contributed by atoms with Crippen LogP contribution in [-0.4, -0.2) is 14.9 Å². The lowest BCUT2D eigenvalue weighted by atomic mass is 10.3. The molecule has 1 aromatic heterocycles. The Hall–Kier alpha value is -2.26. The zero-order valence-electron chi connectivity index (χ0n) is 9.41. The number of nitro groups is 1. The molecule has 0 bridgehead atoms. The first-order chi connectivity index (χ1) is 9.10. The Labute approximate surface area is 115 Å². The van der Waals surface area contributed by atoms with Crippen molar-refractivity contribution in [1.29, 1.82) is 0 Å². The number of nitrogen functional groups attached to an aromatic ring is 1. The summed E-state index contributed by atoms with van der Waals surface area (Å²) < 4.78 is 6.01. The number of nitrogens with one attached hydrogen (secondary N) is 1. The Morgan fingerprint density at radius 2 is 2.16 bits per heavy atom. The van der Waals surface area contributed by atoms with E-state index in [2.05, 4.69) is 31.3 Å². The van der Waals surface area contributed by atoms with Crippen LogP contribution in [0.2, 0.25) is 0 Å². The van der Waals surface area contributed by atoms with E-state index in [1.807, 2.05) is 0 Å². The third kappa shape index (κ3) is 3.14. The summed E-state index contributed by atoms with van der Waals surface area (Å²) >= 11 is 3.24. The summed E-state index contributed by atoms with van der Waals surface area (Å²) in [5.41, 5.74) is 2.27. The van der Waals surface area contributed by atoms with Gasteiger partial charge in [-0.25, -0.2) is 15.8 Å². The molecule has 98 valence electrons. The molecule has 1 heterocycles. The van der Waals surface area contributed by atoms with Crippen LogP contribution >= 0.6 is 15.9 Å². The van der Waals surface area contributed by atoms with E-state index in [0.717, 1.165) is 0 Å². The van der Waals surface area contributed by atoms with Crippen LogP contribution in [0.25, 0.3) is 0 Å². The summed E-state index contributed by atoms with van der Waals surface area (Å²) in [5, 5.41) is 10.7. The van der Waals surface area contributed by atoms with E-state index in [0.29, 0.717) is 10.3 Å². The van der Waals surface area contributed by atoms with Crippen molar-refractivity contribution >= 4 is 27.4 Å². The molecular weight excluding hydrogens is 318 g/mol. The lowest BCUT2D eigenvalue weighted by Gasteiger charge is -2.07. The second-order valence-corrected chi connectivity index (χ2v) is 4.21. The number of benzene rings is 1. The Bertz CT molecular complexity index is 622. The number of hydrogen-bond donors (Lipinski definition) is 2. The molecule has 1 aromatic carbocycles. The summed E-state index contributed by atoms with van der Waals surface area (Å²) in [6, 6.07) is 5.65. The number of hydrazine groups is 1. The molecule has 0 radical (unpaired) electrons. The number of ether oxygens (including phenoxy) is 1. The average molecular weight is 326 g/mol. The van der Waals surface area contributed by atoms with Crippen molar-refractivity contribution in [2.45, 2.75) is 0 Å². The smallest absolute Gasteiger partial charge is 0.273 e. The lowest BCUT2D eigenvalue weighted by Crippen LogP contribution is -2.08. The van der Waals surface area contributed by atoms with E-state index >= 15 is 0 Å². The van der Waals surface area contributed by atoms with Crippen LogP contribution in [0.4, 0.5) is 11.5 Å². The number of hydrogen-bond acceptors (Lipinski definition) is 7. The van der Waals surface area contributed by atoms with Gasteiger partial charge in [0.1, 0.15) is 12.1 Å². The predicted molar refractivity (Wildman–Crippen MR) is 70.7 cm³/mol. The number of rotatable bonds is 4. The molecule has 0 saturated carbocycles. The van der Waals surface area contributed by atoms with Crippen LogP contribution in [0.1, 0.15) is 0 Å². The summed E-state index contributed by atoms with van der Waals surface area (Å²) in [7, 11) is 0. The highest BCUT2D eigenvalue weighted by molar-refractivity contribution is 9.10. The maximum atomic E-state index is 10.7. The van der Waals surface area contributed by atoms with E-state index < -0.39 is 4.92 Å². The lowest BCUT2D eigenvalue weighted by molar-refractivity contribution is -0.384. The summed E-state index contributed by atoms with van der Waals surface area (Å²) in [6.45, 7) is 0. The molecule has 9 heteroatoms. The molecule has 19 heavy (non-hydrogen) atoms. The molecule has 3 N–H and O–H groups in total. The molecule has 2 rings (SSSR count). The number of nitrogens with two attached hydrogens (primary N) is 1. The van der Waals surface area contributed by atoms with Crippen LogP contribution in [0.3, 0.4) is 0 Å². The molecule has 0 aliphatic heterocycles. The average Bonchev–Trinajstić information content (AvgIpc) is 2.41. The van der Waals surface area contributed by atoms with Gasteiger partial charge in [-0.3, -0.25) is 10.1 Å². The molecule has 0 amide bonds. The van der Waals surface area contributed by atoms with Crippen LogP contribution in [-0.2, 0) is 0 Å². The molecule has 8 nitrogen and oxygen atoms in total. The van der Waals surface area contributed by atoms with E-state index in [9.17, 15) is 10.1 Å². The number of anilines is 1. The zero-order valence-corrected chi connectivity index (χ0v) is 11.0. The molecule has 0 aliphatic rings. The van der Waals surface area contributed by atoms with E-state index in [1.165, 1.54) is 30.6 Å². The van der Waals surface area contributed by atoms with Gasteiger partial charge in [-0.15, -0.1) is 0 Å². The SMILES string of the molecule is NNc1cc(Oc2cc([N+](=O)[O-])ccc2Br)ncn1. The Morgan fingerprint density at radius 3 is 2.84 bits per heavy atom. The van der Waals surface area contributed by atoms with Gasteiger partial charge < -0.3 is 10.2 Å². The molecule has 0 unspecified atom stereocenters. The van der Waals surface area contributed by atoms with Gasteiger partial charge in [-0.05, 0) is 22.0 Å². The third-order valence-corrected chi connectivity index (χ3v) is 2.79. The fraction of sp³-hybridized carbons (Fsp3) is 0. The van der Waals surface area contributed by atoms with Crippen LogP contribution in [0, 0.1) is 10.1 Å². The first-order valence-electron chi connectivity index (χ1n) is 5.00. The standard InChI is InChI=1S/C10H8BrN5O3/c11-7-2-1-6(16(17)18)3-8(7)19-10-4-9(15-12)13-5-14-10/h1-5H,12H2,(H,13,14,15). The first kappa shape index (κ1) is 13.2. The quantitative estimate of drug-likeness (QED) is 0.502. The molecule has 2 aromatic rings. The molecule has 0 saturated heterocycles. The summed E-state index contributed by atoms with van der Waals surface area (Å²) in [4.78, 5) is 17.9. The van der Waals surface area contributed by atoms with Crippen molar-refractivity contribution in [3.8, 4) is 11.6 Å². The largest absolute Gasteiger partial charge is 0.437 e. The van der Waals surface area contributed by atoms with Gasteiger partial charge in [0.25, 0.3) is 5.69 Å². The minimum Gasteiger partial charge on any atom is -0.437 e. The van der Waals surface area contributed by atoms with Crippen molar-refractivity contribution in [2.24, 2.45) is 5.84 Å². The van der Waals surface area contributed by atoms with E-state index in [4.69, 9.17) is 10.6 Å². The van der Waals surface area contributed by atoms with Gasteiger partial charge in [0.05, 0.1) is 15.5 Å². The highest BCUT2D eigenvalue weighted by atomic mass is 79.9. The van der Waals surface area contributed by atoms with E-state index in [1.54, 1.807) is 0 Å². The maximum absolute atomic E-state index is 10.7. The highest BCUT2D eigenvalue weighted by Crippen LogP contribution is 2.32. The normalized spacial score (nSPS) is 10.0. The Kier molecular flexibility index (Phi) is 3.88. The minimum absolute atomic E-state index is 0.0792. The topological polar surface area (TPSA) is 116 Å². The van der Waals surface area contributed by atoms with E-state index in [-0.39, 0.29) is 17.3 Å². The molecule has 0 fully saturated rings. The van der Waals surface area contributed by atoms with Crippen LogP contribution < -0.4 is 16.0 Å². The summed E-state index contributed by atoms with van der Waals surface area (Å²) in [6.07, 6.45) is 1.26. The van der Waals surface area contributed by atoms with Crippen molar-refractivity contribution in [1.82, 2.24) is 9.97 Å². The number of nitro benzene ring substituents is 1. The minimum atomic E-state index is -0.508. The van der Waals surface area contributed by atoms with Gasteiger partial charge in [0.2, 0.25) is 5.88 Å². The van der Waals surface area contributed by atoms with Crippen molar-refractivity contribution in [3.05, 3.63) is 45.2 Å². The second-order valence-electron chi connectivity index (χ2n) is 3.36. The molecular formula is C10H8BrN5O3. The fourth-order valence-corrected chi connectivity index (χ4v) is 1.60. The van der Waals surface area contributed by atoms with Gasteiger partial charge in [-0.2, -0.15) is 0 Å². The second kappa shape index (κ2) is 5.59. The van der Waals surface area contributed by atoms with Gasteiger partial charge in [0, 0.05) is 12.1 Å². The van der Waals surface area contributed by atoms with Gasteiger partial charge in [-0.1, -0.05) is 0 Å². The van der Waals surface area contributed by atoms with Gasteiger partial charge >= 0.3 is 0 Å². The first-order valence-corrected chi connectivity index (χ1v) is 5.80. The van der Waals surface area contributed by atoms with Gasteiger partial charge in [0.15, 0.2) is 5.75 Å². The number of aromatic nitrogens is 2. The Balaban J connectivity index is 2.31. The number of nitrogens with zero attached hydrogens (tertiary/aromatic N) is 3. The maximum Gasteiger partial charge on any atom is 0.273 e.